The molecule has 9 atom stereocenters. The number of rotatable bonds is 30. The van der Waals surface area contributed by atoms with Crippen LogP contribution in [0.4, 0.5) is 4.79 Å². The van der Waals surface area contributed by atoms with Crippen LogP contribution in [0, 0.1) is 5.92 Å². The summed E-state index contributed by atoms with van der Waals surface area (Å²) in [7, 11) is 1.48. The Labute approximate surface area is 501 Å². The maximum atomic E-state index is 14.1. The van der Waals surface area contributed by atoms with E-state index in [1.54, 1.807) is 62.5 Å². The number of primary amides is 2. The number of nitrogens with one attached hydrogen (secondary N) is 12. The number of carbonyl (C=O) groups is 11. The molecule has 30 nitrogen and oxygen atoms in total. The lowest BCUT2D eigenvalue weighted by atomic mass is 10.0. The number of aliphatic imine (C=N–C) groups is 1. The number of hydrazine groups is 1. The van der Waals surface area contributed by atoms with E-state index in [0.717, 1.165) is 22.7 Å². The van der Waals surface area contributed by atoms with Gasteiger partial charge in [0.1, 0.15) is 48.0 Å². The van der Waals surface area contributed by atoms with Crippen LogP contribution >= 0.6 is 0 Å². The van der Waals surface area contributed by atoms with Crippen molar-refractivity contribution in [3.8, 4) is 5.75 Å². The van der Waals surface area contributed by atoms with Gasteiger partial charge in [0.15, 0.2) is 12.1 Å². The molecule has 0 bridgehead atoms. The Morgan fingerprint density at radius 2 is 1.29 bits per heavy atom. The molecule has 470 valence electrons. The van der Waals surface area contributed by atoms with Gasteiger partial charge in [-0.05, 0) is 67.0 Å². The third-order valence-corrected chi connectivity index (χ3v) is 13.8. The van der Waals surface area contributed by atoms with E-state index < -0.39 is 126 Å². The molecule has 1 fully saturated rings. The Bertz CT molecular complexity index is 3100. The van der Waals surface area contributed by atoms with Crippen molar-refractivity contribution < 1.29 is 63.0 Å². The molecule has 0 aliphatic carbocycles. The van der Waals surface area contributed by atoms with Crippen molar-refractivity contribution in [1.29, 1.82) is 0 Å². The van der Waals surface area contributed by atoms with Crippen molar-refractivity contribution in [2.75, 3.05) is 26.7 Å². The van der Waals surface area contributed by atoms with Crippen molar-refractivity contribution in [2.45, 2.75) is 127 Å². The van der Waals surface area contributed by atoms with Crippen molar-refractivity contribution in [1.82, 2.24) is 68.6 Å². The van der Waals surface area contributed by atoms with Gasteiger partial charge >= 0.3 is 6.03 Å². The molecular formula is C57H79N17O13. The second-order valence-corrected chi connectivity index (χ2v) is 21.3. The van der Waals surface area contributed by atoms with E-state index in [0.29, 0.717) is 16.7 Å². The maximum Gasteiger partial charge on any atom is 0.334 e. The van der Waals surface area contributed by atoms with Crippen molar-refractivity contribution >= 4 is 82.0 Å². The topological polar surface area (TPSA) is 470 Å². The molecule has 87 heavy (non-hydrogen) atoms. The third kappa shape index (κ3) is 21.3. The van der Waals surface area contributed by atoms with E-state index in [4.69, 9.17) is 17.2 Å². The van der Waals surface area contributed by atoms with Gasteiger partial charge in [-0.1, -0.05) is 74.5 Å². The molecule has 4 aromatic rings. The highest BCUT2D eigenvalue weighted by Crippen LogP contribution is 2.20. The molecule has 0 saturated carbocycles. The average molecular weight is 1210 g/mol. The number of hydrogen-bond donors (Lipinski definition) is 17. The van der Waals surface area contributed by atoms with E-state index in [2.05, 4.69) is 68.7 Å². The number of hydrogen-bond acceptors (Lipinski definition) is 15. The first-order valence-electron chi connectivity index (χ1n) is 28.1. The Morgan fingerprint density at radius 3 is 1.93 bits per heavy atom. The molecule has 30 heteroatoms. The average Bonchev–Trinajstić information content (AvgIpc) is 2.40. The number of nitrogens with two attached hydrogens (primary N) is 3. The standard InChI is InChI=1S/C57H79N17O13/c1-30(2)24-41(50(81)66-39(16-11-21-63-56(60)61-5)49(80)67-40(47(59)79)27-35-29-64-38-15-10-9-14-37(35)38)70-57(87)73-72-52(83)42(25-33-12-7-6-8-13-33)68-53(84)46(31(3)75)71-51(82)43(28-45(58)78)69-54(85)48-62-22-23-74(48)55(86)44(65-32(4)76)26-34-17-19-36(77)20-18-34/h6-10,12-15,17-20,29-31,39-44,46,48,62,64,75,77H,11,16,21-28H2,1-5H3,(H2,58,78)(H2,59,79)(H,65,76)(H,66,81)(H,67,80)(H,68,84)(H,69,85)(H,71,82)(H,72,83)(H3,60,61,63)(H2,70,73,87)/t31-,39+,40+,41+,42+,43+,44-,46+,48-/m1/s1. The lowest BCUT2D eigenvalue weighted by Gasteiger charge is -2.30. The molecule has 1 saturated heterocycles. The number of H-pyrrole nitrogens is 1. The summed E-state index contributed by atoms with van der Waals surface area (Å²) in [5, 5.41) is 44.7. The number of urea groups is 1. The van der Waals surface area contributed by atoms with Crippen LogP contribution in [-0.4, -0.2) is 172 Å². The van der Waals surface area contributed by atoms with Crippen LogP contribution in [-0.2, 0) is 67.2 Å². The van der Waals surface area contributed by atoms with Crippen molar-refractivity contribution in [3.05, 3.63) is 102 Å². The Balaban J connectivity index is 1.27. The van der Waals surface area contributed by atoms with Gasteiger partial charge in [0, 0.05) is 70.0 Å². The summed E-state index contributed by atoms with van der Waals surface area (Å²) in [6, 6.07) is 10.3. The number of benzene rings is 3. The number of aromatic amines is 1. The fourth-order valence-electron chi connectivity index (χ4n) is 9.45. The molecule has 0 radical (unpaired) electrons. The molecular weight excluding hydrogens is 1130 g/mol. The molecule has 1 aliphatic heterocycles. The molecule has 0 unspecified atom stereocenters. The number of aromatic hydroxyl groups is 1. The fourth-order valence-corrected chi connectivity index (χ4v) is 9.45. The lowest BCUT2D eigenvalue weighted by Crippen LogP contribution is -2.63. The lowest BCUT2D eigenvalue weighted by molar-refractivity contribution is -0.143. The molecule has 0 spiro atoms. The number of aliphatic hydroxyl groups is 1. The second kappa shape index (κ2) is 33.0. The maximum absolute atomic E-state index is 14.1. The van der Waals surface area contributed by atoms with E-state index in [1.165, 1.54) is 26.1 Å². The zero-order valence-corrected chi connectivity index (χ0v) is 48.9. The zero-order valence-electron chi connectivity index (χ0n) is 48.9. The quantitative estimate of drug-likeness (QED) is 0.0104. The summed E-state index contributed by atoms with van der Waals surface area (Å²) >= 11 is 0. The van der Waals surface area contributed by atoms with Crippen molar-refractivity contribution in [3.63, 3.8) is 0 Å². The Morgan fingerprint density at radius 1 is 0.667 bits per heavy atom. The van der Waals surface area contributed by atoms with E-state index in [9.17, 15) is 63.0 Å². The van der Waals surface area contributed by atoms with Gasteiger partial charge in [0.2, 0.25) is 47.3 Å². The molecule has 12 amide bonds. The normalized spacial score (nSPS) is 15.8. The molecule has 1 aromatic heterocycles. The fraction of sp³-hybridized carbons (Fsp3) is 0.439. The highest BCUT2D eigenvalue weighted by molar-refractivity contribution is 5.99. The number of aliphatic hydroxyl groups excluding tert-OH is 1. The number of phenolic OH excluding ortho intramolecular Hbond substituents is 1. The molecule has 5 rings (SSSR count). The SMILES string of the molecule is CN=C(N)NCCC[C@H](NC(=O)[C@H](CC(C)C)NC(=O)NNC(=O)[C@H](Cc1ccccc1)NC(=O)[C@@H](NC(=O)[C@H](CC(N)=O)NC(=O)[C@@H]1NCCN1C(=O)[C@@H](Cc1ccc(O)cc1)NC(C)=O)[C@@H](C)O)C(=O)N[C@@H](Cc1c[nH]c2ccccc12)C(N)=O. The number of aromatic nitrogens is 1. The zero-order chi connectivity index (χ0) is 63.9. The summed E-state index contributed by atoms with van der Waals surface area (Å²) in [5.74, 6) is -9.12. The van der Waals surface area contributed by atoms with Gasteiger partial charge < -0.3 is 79.8 Å². The largest absolute Gasteiger partial charge is 0.508 e. The van der Waals surface area contributed by atoms with Gasteiger partial charge in [-0.15, -0.1) is 0 Å². The van der Waals surface area contributed by atoms with Crippen LogP contribution in [0.5, 0.6) is 5.75 Å². The summed E-state index contributed by atoms with van der Waals surface area (Å²) in [5.41, 5.74) is 24.0. The number of nitrogens with zero attached hydrogens (tertiary/aromatic N) is 2. The van der Waals surface area contributed by atoms with E-state index >= 15 is 0 Å². The number of para-hydroxylation sites is 1. The first-order valence-corrected chi connectivity index (χ1v) is 28.1. The monoisotopic (exact) mass is 1210 g/mol. The number of fused-ring (bicyclic) bond motifs is 1. The number of amides is 12. The molecule has 1 aliphatic rings. The molecule has 3 aromatic carbocycles. The summed E-state index contributed by atoms with van der Waals surface area (Å²) < 4.78 is 0. The summed E-state index contributed by atoms with van der Waals surface area (Å²) in [6.45, 7) is 6.21. The minimum Gasteiger partial charge on any atom is -0.508 e. The number of guanidine groups is 1. The van der Waals surface area contributed by atoms with Crippen LogP contribution in [0.1, 0.15) is 70.1 Å². The van der Waals surface area contributed by atoms with Gasteiger partial charge in [-0.3, -0.25) is 63.7 Å². The van der Waals surface area contributed by atoms with Gasteiger partial charge in [-0.25, -0.2) is 10.2 Å². The minimum absolute atomic E-state index is 0.0160. The van der Waals surface area contributed by atoms with Crippen LogP contribution in [0.2, 0.25) is 0 Å². The summed E-state index contributed by atoms with van der Waals surface area (Å²) in [4.78, 5) is 157. The van der Waals surface area contributed by atoms with Crippen LogP contribution in [0.3, 0.4) is 0 Å². The second-order valence-electron chi connectivity index (χ2n) is 21.3. The van der Waals surface area contributed by atoms with Crippen LogP contribution < -0.4 is 75.9 Å². The van der Waals surface area contributed by atoms with E-state index in [1.807, 2.05) is 24.3 Å². The van der Waals surface area contributed by atoms with Crippen molar-refractivity contribution in [2.24, 2.45) is 28.1 Å². The van der Waals surface area contributed by atoms with Gasteiger partial charge in [0.05, 0.1) is 12.5 Å². The Hall–Kier alpha value is -9.84. The Kier molecular flexibility index (Phi) is 25.8. The highest BCUT2D eigenvalue weighted by atomic mass is 16.3. The first-order chi connectivity index (χ1) is 41.3. The molecule has 20 N–H and O–H groups in total. The van der Waals surface area contributed by atoms with E-state index in [-0.39, 0.29) is 75.8 Å². The van der Waals surface area contributed by atoms with Crippen LogP contribution in [0.25, 0.3) is 10.9 Å². The smallest absolute Gasteiger partial charge is 0.334 e. The van der Waals surface area contributed by atoms with Gasteiger partial charge in [0.25, 0.3) is 11.8 Å². The summed E-state index contributed by atoms with van der Waals surface area (Å²) in [6.07, 6.45) is -2.15. The predicted molar refractivity (Wildman–Crippen MR) is 317 cm³/mol. The minimum atomic E-state index is -1.87. The molecule has 2 heterocycles. The number of carbonyl (C=O) groups excluding carboxylic acids is 11. The van der Waals surface area contributed by atoms with Crippen LogP contribution in [0.15, 0.2) is 90.1 Å². The first kappa shape index (κ1) is 67.9. The number of phenols is 1. The van der Waals surface area contributed by atoms with Gasteiger partial charge in [-0.2, -0.15) is 0 Å². The predicted octanol–water partition coefficient (Wildman–Crippen LogP) is -3.61. The third-order valence-electron chi connectivity index (χ3n) is 13.8. The highest BCUT2D eigenvalue weighted by Gasteiger charge is 2.40.